The molecule has 34 heavy (non-hydrogen) atoms. The number of nitrogens with zero attached hydrogens (tertiary/aromatic N) is 1. The molecule has 2 N–H and O–H groups in total. The highest BCUT2D eigenvalue weighted by atomic mass is 32.2. The third-order valence-corrected chi connectivity index (χ3v) is 6.45. The van der Waals surface area contributed by atoms with Gasteiger partial charge >= 0.3 is 0 Å². The SMILES string of the molecule is CCC[C@H](C(=O)NCc1ccco1)N(C(=O)CNS(=O)(=O)c1ccccc1)c1ccc(F)cc1. The molecule has 2 amide bonds. The third-order valence-electron chi connectivity index (χ3n) is 5.03. The van der Waals surface area contributed by atoms with Gasteiger partial charge in [-0.3, -0.25) is 14.5 Å². The quantitative estimate of drug-likeness (QED) is 0.432. The van der Waals surface area contributed by atoms with Crippen LogP contribution in [-0.4, -0.2) is 32.8 Å². The Morgan fingerprint density at radius 1 is 1.03 bits per heavy atom. The number of nitrogens with one attached hydrogen (secondary N) is 2. The van der Waals surface area contributed by atoms with Gasteiger partial charge in [-0.05, 0) is 55.0 Å². The summed E-state index contributed by atoms with van der Waals surface area (Å²) >= 11 is 0. The van der Waals surface area contributed by atoms with Crippen molar-refractivity contribution in [1.29, 1.82) is 0 Å². The molecule has 0 aliphatic carbocycles. The Hall–Kier alpha value is -3.50. The minimum absolute atomic E-state index is 0.0115. The molecule has 0 unspecified atom stereocenters. The first-order valence-corrected chi connectivity index (χ1v) is 12.2. The molecule has 0 saturated heterocycles. The number of sulfonamides is 1. The minimum atomic E-state index is -3.95. The van der Waals surface area contributed by atoms with E-state index in [0.717, 1.165) is 0 Å². The van der Waals surface area contributed by atoms with Crippen LogP contribution in [-0.2, 0) is 26.2 Å². The molecule has 1 atom stereocenters. The van der Waals surface area contributed by atoms with E-state index in [4.69, 9.17) is 4.42 Å². The lowest BCUT2D eigenvalue weighted by Crippen LogP contribution is -2.52. The smallest absolute Gasteiger partial charge is 0.243 e. The molecule has 2 aromatic carbocycles. The van der Waals surface area contributed by atoms with Gasteiger partial charge in [0.05, 0.1) is 24.2 Å². The molecule has 3 rings (SSSR count). The normalized spacial score (nSPS) is 12.2. The summed E-state index contributed by atoms with van der Waals surface area (Å²) in [7, 11) is -3.95. The van der Waals surface area contributed by atoms with Crippen LogP contribution in [0.25, 0.3) is 0 Å². The van der Waals surface area contributed by atoms with Crippen molar-refractivity contribution in [3.63, 3.8) is 0 Å². The van der Waals surface area contributed by atoms with Crippen LogP contribution in [0.1, 0.15) is 25.5 Å². The lowest BCUT2D eigenvalue weighted by Gasteiger charge is -2.31. The second-order valence-corrected chi connectivity index (χ2v) is 9.25. The van der Waals surface area contributed by atoms with Gasteiger partial charge in [0.25, 0.3) is 0 Å². The van der Waals surface area contributed by atoms with Gasteiger partial charge in [0, 0.05) is 5.69 Å². The lowest BCUT2D eigenvalue weighted by atomic mass is 10.1. The van der Waals surface area contributed by atoms with E-state index in [2.05, 4.69) is 10.0 Å². The van der Waals surface area contributed by atoms with Crippen molar-refractivity contribution in [3.05, 3.63) is 84.6 Å². The van der Waals surface area contributed by atoms with E-state index in [1.165, 1.54) is 47.6 Å². The number of amides is 2. The van der Waals surface area contributed by atoms with Crippen molar-refractivity contribution in [2.75, 3.05) is 11.4 Å². The first-order chi connectivity index (χ1) is 16.3. The molecule has 0 bridgehead atoms. The van der Waals surface area contributed by atoms with Crippen LogP contribution < -0.4 is 14.9 Å². The maximum atomic E-state index is 13.5. The molecule has 1 heterocycles. The summed E-state index contributed by atoms with van der Waals surface area (Å²) in [6.07, 6.45) is 2.36. The maximum absolute atomic E-state index is 13.5. The predicted octanol–water partition coefficient (Wildman–Crippen LogP) is 3.22. The van der Waals surface area contributed by atoms with Gasteiger partial charge in [-0.15, -0.1) is 0 Å². The first-order valence-electron chi connectivity index (χ1n) is 10.7. The molecule has 0 radical (unpaired) electrons. The Kier molecular flexibility index (Phi) is 8.55. The van der Waals surface area contributed by atoms with Crippen LogP contribution in [0.2, 0.25) is 0 Å². The number of hydrogen-bond acceptors (Lipinski definition) is 5. The summed E-state index contributed by atoms with van der Waals surface area (Å²) in [5, 5.41) is 2.75. The topological polar surface area (TPSA) is 109 Å². The van der Waals surface area contributed by atoms with E-state index in [9.17, 15) is 22.4 Å². The van der Waals surface area contributed by atoms with Gasteiger partial charge in [-0.2, -0.15) is 0 Å². The monoisotopic (exact) mass is 487 g/mol. The van der Waals surface area contributed by atoms with Crippen molar-refractivity contribution >= 4 is 27.5 Å². The number of rotatable bonds is 11. The number of carbonyl (C=O) groups is 2. The van der Waals surface area contributed by atoms with Crippen LogP contribution in [0.3, 0.4) is 0 Å². The average molecular weight is 488 g/mol. The van der Waals surface area contributed by atoms with Crippen molar-refractivity contribution in [3.8, 4) is 0 Å². The second kappa shape index (κ2) is 11.6. The van der Waals surface area contributed by atoms with E-state index in [1.54, 1.807) is 30.3 Å². The lowest BCUT2D eigenvalue weighted by molar-refractivity contribution is -0.126. The van der Waals surface area contributed by atoms with E-state index >= 15 is 0 Å². The van der Waals surface area contributed by atoms with Gasteiger partial charge in [0.1, 0.15) is 17.6 Å². The van der Waals surface area contributed by atoms with Crippen molar-refractivity contribution in [1.82, 2.24) is 10.0 Å². The van der Waals surface area contributed by atoms with E-state index < -0.39 is 40.2 Å². The third kappa shape index (κ3) is 6.52. The number of benzene rings is 2. The molecule has 1 aromatic heterocycles. The fourth-order valence-electron chi connectivity index (χ4n) is 3.38. The van der Waals surface area contributed by atoms with E-state index in [1.807, 2.05) is 6.92 Å². The molecular weight excluding hydrogens is 461 g/mol. The molecule has 0 aliphatic rings. The van der Waals surface area contributed by atoms with Crippen LogP contribution >= 0.6 is 0 Å². The summed E-state index contributed by atoms with van der Waals surface area (Å²) < 4.78 is 46.2. The zero-order valence-electron chi connectivity index (χ0n) is 18.6. The highest BCUT2D eigenvalue weighted by Crippen LogP contribution is 2.21. The van der Waals surface area contributed by atoms with Crippen molar-refractivity contribution < 1.29 is 26.8 Å². The highest BCUT2D eigenvalue weighted by molar-refractivity contribution is 7.89. The van der Waals surface area contributed by atoms with Crippen LogP contribution in [0.15, 0.2) is 82.3 Å². The van der Waals surface area contributed by atoms with Crippen LogP contribution in [0, 0.1) is 5.82 Å². The number of hydrogen-bond donors (Lipinski definition) is 2. The van der Waals surface area contributed by atoms with Gasteiger partial charge in [-0.25, -0.2) is 17.5 Å². The van der Waals surface area contributed by atoms with Crippen molar-refractivity contribution in [2.45, 2.75) is 37.2 Å². The zero-order chi connectivity index (χ0) is 24.6. The fourth-order valence-corrected chi connectivity index (χ4v) is 4.38. The minimum Gasteiger partial charge on any atom is -0.467 e. The number of anilines is 1. The number of furan rings is 1. The number of halogens is 1. The zero-order valence-corrected chi connectivity index (χ0v) is 19.4. The highest BCUT2D eigenvalue weighted by Gasteiger charge is 2.31. The summed E-state index contributed by atoms with van der Waals surface area (Å²) in [5.74, 6) is -1.06. The van der Waals surface area contributed by atoms with E-state index in [-0.39, 0.29) is 17.1 Å². The Morgan fingerprint density at radius 2 is 1.74 bits per heavy atom. The second-order valence-electron chi connectivity index (χ2n) is 7.48. The maximum Gasteiger partial charge on any atom is 0.243 e. The fraction of sp³-hybridized carbons (Fsp3) is 0.250. The Bertz CT molecular complexity index is 1180. The van der Waals surface area contributed by atoms with Gasteiger partial charge in [0.15, 0.2) is 0 Å². The average Bonchev–Trinajstić information content (AvgIpc) is 3.36. The summed E-state index contributed by atoms with van der Waals surface area (Å²) in [4.78, 5) is 27.6. The van der Waals surface area contributed by atoms with Gasteiger partial charge in [0.2, 0.25) is 21.8 Å². The molecule has 8 nitrogen and oxygen atoms in total. The number of carbonyl (C=O) groups excluding carboxylic acids is 2. The molecule has 3 aromatic rings. The van der Waals surface area contributed by atoms with Gasteiger partial charge in [-0.1, -0.05) is 31.5 Å². The molecule has 0 fully saturated rings. The molecule has 0 aliphatic heterocycles. The molecular formula is C24H26FN3O5S. The molecule has 180 valence electrons. The van der Waals surface area contributed by atoms with Crippen LogP contribution in [0.4, 0.5) is 10.1 Å². The molecule has 10 heteroatoms. The first kappa shape index (κ1) is 25.1. The molecule has 0 saturated carbocycles. The molecule has 0 spiro atoms. The van der Waals surface area contributed by atoms with Crippen LogP contribution in [0.5, 0.6) is 0 Å². The summed E-state index contributed by atoms with van der Waals surface area (Å²) in [6.45, 7) is 1.40. The van der Waals surface area contributed by atoms with Gasteiger partial charge < -0.3 is 9.73 Å². The van der Waals surface area contributed by atoms with E-state index in [0.29, 0.717) is 18.6 Å². The summed E-state index contributed by atoms with van der Waals surface area (Å²) in [6, 6.07) is 15.2. The standard InChI is InChI=1S/C24H26FN3O5S/c1-2-7-22(24(30)26-16-20-8-6-15-33-20)28(19-13-11-18(25)12-14-19)23(29)17-27-34(31,32)21-9-4-3-5-10-21/h3-6,8-15,22,27H,2,7,16-17H2,1H3,(H,26,30)/t22-/m1/s1. The Morgan fingerprint density at radius 3 is 2.35 bits per heavy atom. The largest absolute Gasteiger partial charge is 0.467 e. The predicted molar refractivity (Wildman–Crippen MR) is 125 cm³/mol. The Labute approximate surface area is 197 Å². The summed E-state index contributed by atoms with van der Waals surface area (Å²) in [5.41, 5.74) is 0.275. The van der Waals surface area contributed by atoms with Crippen molar-refractivity contribution in [2.24, 2.45) is 0 Å². The Balaban J connectivity index is 1.84.